The van der Waals surface area contributed by atoms with Crippen molar-refractivity contribution >= 4 is 64.1 Å². The van der Waals surface area contributed by atoms with Crippen molar-refractivity contribution in [2.24, 2.45) is 23.0 Å². The zero-order chi connectivity index (χ0) is 53.0. The average molecular weight is 1080 g/mol. The Labute approximate surface area is 452 Å². The SMILES string of the molecule is Cc1cn([C@H](C(=O)N2C[C@H](O)C[C@H]2C(=O)N[C@@H](CCN2CCN(C(=O)C3CCN(c4nccc(Sc5cnc(N6CCC(C)(CN)CC6)c(CO)n5)c4Cl)CC3)CC2)c2ccc(-c3scnc3C)cc2)C(C)C)nn1. The highest BCUT2D eigenvalue weighted by molar-refractivity contribution is 7.99. The molecular weight excluding hydrogens is 1010 g/mol. The van der Waals surface area contributed by atoms with Crippen LogP contribution in [0.4, 0.5) is 11.6 Å². The number of halogens is 1. The first-order valence-electron chi connectivity index (χ1n) is 26.3. The van der Waals surface area contributed by atoms with Gasteiger partial charge >= 0.3 is 0 Å². The molecule has 1 aromatic carbocycles. The molecular formula is C53H71ClN14O5S2. The first-order chi connectivity index (χ1) is 36.1. The Morgan fingerprint density at radius 2 is 1.68 bits per heavy atom. The summed E-state index contributed by atoms with van der Waals surface area (Å²) in [5.41, 5.74) is 12.2. The van der Waals surface area contributed by atoms with Crippen LogP contribution in [-0.4, -0.2) is 162 Å². The van der Waals surface area contributed by atoms with E-state index in [1.54, 1.807) is 34.6 Å². The predicted octanol–water partition coefficient (Wildman–Crippen LogP) is 5.53. The fourth-order valence-electron chi connectivity index (χ4n) is 10.9. The molecule has 5 N–H and O–H groups in total. The van der Waals surface area contributed by atoms with Gasteiger partial charge in [-0.2, -0.15) is 0 Å². The van der Waals surface area contributed by atoms with Crippen LogP contribution >= 0.6 is 34.7 Å². The minimum Gasteiger partial charge on any atom is -0.391 e. The minimum absolute atomic E-state index is 0.0540. The van der Waals surface area contributed by atoms with Crippen LogP contribution in [0.3, 0.4) is 0 Å². The maximum absolute atomic E-state index is 14.4. The van der Waals surface area contributed by atoms with Crippen molar-refractivity contribution in [2.45, 2.75) is 114 Å². The molecule has 0 spiro atoms. The second-order valence-electron chi connectivity index (χ2n) is 21.3. The number of amides is 3. The number of aliphatic hydroxyl groups is 2. The van der Waals surface area contributed by atoms with Crippen molar-refractivity contribution in [3.8, 4) is 10.4 Å². The van der Waals surface area contributed by atoms with Gasteiger partial charge in [0.25, 0.3) is 0 Å². The molecule has 4 aliphatic heterocycles. The van der Waals surface area contributed by atoms with Gasteiger partial charge in [0, 0.05) is 95.1 Å². The van der Waals surface area contributed by atoms with E-state index in [0.29, 0.717) is 105 Å². The van der Waals surface area contributed by atoms with Crippen LogP contribution in [0.15, 0.2) is 64.4 Å². The number of β-amino-alcohol motifs (C(OH)–C–C–N with tert-alkyl or cyclic N) is 1. The number of aliphatic hydroxyl groups excluding tert-OH is 2. The molecule has 4 aliphatic rings. The van der Waals surface area contributed by atoms with Crippen LogP contribution in [-0.2, 0) is 21.0 Å². The number of piperazine rings is 1. The van der Waals surface area contributed by atoms with E-state index in [-0.39, 0.29) is 60.6 Å². The fourth-order valence-corrected chi connectivity index (χ4v) is 12.9. The minimum atomic E-state index is -0.857. The summed E-state index contributed by atoms with van der Waals surface area (Å²) in [6, 6.07) is 8.17. The van der Waals surface area contributed by atoms with Crippen LogP contribution < -0.4 is 20.9 Å². The fraction of sp³-hybridized carbons (Fsp3) is 0.566. The Morgan fingerprint density at radius 3 is 2.32 bits per heavy atom. The second-order valence-corrected chi connectivity index (χ2v) is 23.6. The predicted molar refractivity (Wildman–Crippen MR) is 290 cm³/mol. The molecule has 0 bridgehead atoms. The molecule has 4 atom stereocenters. The van der Waals surface area contributed by atoms with E-state index in [4.69, 9.17) is 27.3 Å². The van der Waals surface area contributed by atoms with Gasteiger partial charge < -0.3 is 40.9 Å². The van der Waals surface area contributed by atoms with E-state index >= 15 is 0 Å². The van der Waals surface area contributed by atoms with Gasteiger partial charge in [-0.05, 0) is 81.0 Å². The molecule has 0 aliphatic carbocycles. The third-order valence-electron chi connectivity index (χ3n) is 15.6. The number of carbonyl (C=O) groups excluding carboxylic acids is 3. The lowest BCUT2D eigenvalue weighted by Gasteiger charge is -2.39. The van der Waals surface area contributed by atoms with E-state index in [9.17, 15) is 24.6 Å². The van der Waals surface area contributed by atoms with Crippen molar-refractivity contribution < 1.29 is 24.6 Å². The lowest BCUT2D eigenvalue weighted by Crippen LogP contribution is -2.52. The lowest BCUT2D eigenvalue weighted by molar-refractivity contribution is -0.142. The Balaban J connectivity index is 0.792. The summed E-state index contributed by atoms with van der Waals surface area (Å²) in [5.74, 6) is 0.731. The Morgan fingerprint density at radius 1 is 0.960 bits per heavy atom. The van der Waals surface area contributed by atoms with Crippen molar-refractivity contribution in [3.05, 3.63) is 82.1 Å². The lowest BCUT2D eigenvalue weighted by atomic mass is 9.80. The number of pyridine rings is 1. The summed E-state index contributed by atoms with van der Waals surface area (Å²) in [6.45, 7) is 16.6. The Bertz CT molecular complexity index is 2770. The quantitative estimate of drug-likeness (QED) is 0.0897. The molecule has 19 nitrogen and oxygen atoms in total. The maximum Gasteiger partial charge on any atom is 0.248 e. The normalized spacial score (nSPS) is 20.5. The van der Waals surface area contributed by atoms with Crippen LogP contribution in [0.1, 0.15) is 94.0 Å². The van der Waals surface area contributed by atoms with Crippen molar-refractivity contribution in [1.29, 1.82) is 0 Å². The Hall–Kier alpha value is -5.29. The summed E-state index contributed by atoms with van der Waals surface area (Å²) >= 11 is 10.0. The van der Waals surface area contributed by atoms with E-state index in [1.165, 1.54) is 16.7 Å². The van der Waals surface area contributed by atoms with Crippen LogP contribution in [0.25, 0.3) is 10.4 Å². The van der Waals surface area contributed by atoms with Crippen molar-refractivity contribution in [2.75, 3.05) is 81.8 Å². The zero-order valence-electron chi connectivity index (χ0n) is 43.6. The summed E-state index contributed by atoms with van der Waals surface area (Å²) in [7, 11) is 0. The third kappa shape index (κ3) is 12.5. The molecule has 22 heteroatoms. The van der Waals surface area contributed by atoms with Crippen molar-refractivity contribution in [3.63, 3.8) is 0 Å². The highest BCUT2D eigenvalue weighted by Crippen LogP contribution is 2.40. The highest BCUT2D eigenvalue weighted by Gasteiger charge is 2.43. The van der Waals surface area contributed by atoms with Gasteiger partial charge in [0.15, 0.2) is 5.82 Å². The van der Waals surface area contributed by atoms with Gasteiger partial charge in [0.1, 0.15) is 28.6 Å². The number of likely N-dealkylation sites (tertiary alicyclic amines) is 1. The van der Waals surface area contributed by atoms with E-state index in [0.717, 1.165) is 52.5 Å². The summed E-state index contributed by atoms with van der Waals surface area (Å²) < 4.78 is 1.56. The summed E-state index contributed by atoms with van der Waals surface area (Å²) in [6.07, 6.45) is 8.39. The molecule has 4 saturated heterocycles. The second kappa shape index (κ2) is 23.9. The highest BCUT2D eigenvalue weighted by atomic mass is 35.5. The molecule has 9 rings (SSSR count). The maximum atomic E-state index is 14.4. The molecule has 8 heterocycles. The zero-order valence-corrected chi connectivity index (χ0v) is 46.0. The number of aryl methyl sites for hydroxylation is 2. The number of benzene rings is 1. The van der Waals surface area contributed by atoms with Gasteiger partial charge in [-0.25, -0.2) is 24.6 Å². The van der Waals surface area contributed by atoms with Gasteiger partial charge in [-0.1, -0.05) is 73.6 Å². The van der Waals surface area contributed by atoms with E-state index < -0.39 is 18.2 Å². The monoisotopic (exact) mass is 1080 g/mol. The van der Waals surface area contributed by atoms with Crippen molar-refractivity contribution in [1.82, 2.24) is 54.9 Å². The summed E-state index contributed by atoms with van der Waals surface area (Å²) in [4.78, 5) is 73.3. The van der Waals surface area contributed by atoms with E-state index in [1.807, 2.05) is 56.3 Å². The molecule has 5 aromatic rings. The summed E-state index contributed by atoms with van der Waals surface area (Å²) in [5, 5.41) is 33.9. The Kier molecular flexibility index (Phi) is 17.4. The van der Waals surface area contributed by atoms with Crippen LogP contribution in [0.5, 0.6) is 0 Å². The number of aromatic nitrogens is 7. The number of carbonyl (C=O) groups is 3. The van der Waals surface area contributed by atoms with Crippen LogP contribution in [0, 0.1) is 31.1 Å². The molecule has 4 fully saturated rings. The number of nitrogens with two attached hydrogens (primary N) is 1. The number of nitrogens with zero attached hydrogens (tertiary/aromatic N) is 12. The molecule has 0 saturated carbocycles. The molecule has 402 valence electrons. The van der Waals surface area contributed by atoms with Gasteiger partial charge in [0.2, 0.25) is 17.7 Å². The van der Waals surface area contributed by atoms with E-state index in [2.05, 4.69) is 59.4 Å². The number of hydrogen-bond acceptors (Lipinski definition) is 17. The number of piperidine rings is 2. The standard InChI is InChI=1S/C53H71ClN14O5S2/c1-33(2)46(68-28-34(3)61-62-68)52(73)67-29-39(70)26-42(67)50(71)60-40(36-6-8-37(9-7-36)47-35(4)58-32-74-47)13-17-63-22-24-66(25-23-63)51(72)38-11-18-64(19-12-38)49-45(54)43(10-16-56-49)75-44-27-57-48(41(30-69)59-44)65-20-14-53(5,31-55)15-21-65/h6-10,16,27-28,32-33,38-40,42,46,69-70H,11-15,17-26,29-31,55H2,1-5H3,(H,60,71)/t39-,40+,42+,46+/m1/s1. The number of hydrogen-bond donors (Lipinski definition) is 4. The van der Waals surface area contributed by atoms with Gasteiger partial charge in [-0.3, -0.25) is 19.3 Å². The van der Waals surface area contributed by atoms with Gasteiger partial charge in [-0.15, -0.1) is 16.4 Å². The molecule has 4 aromatic heterocycles. The first kappa shape index (κ1) is 54.5. The molecule has 75 heavy (non-hydrogen) atoms. The smallest absolute Gasteiger partial charge is 0.248 e. The molecule has 3 amide bonds. The number of rotatable bonds is 17. The molecule has 0 unspecified atom stereocenters. The van der Waals surface area contributed by atoms with Crippen LogP contribution in [0.2, 0.25) is 5.02 Å². The number of nitrogens with one attached hydrogen (secondary N) is 1. The topological polar surface area (TPSA) is 228 Å². The number of thiazole rings is 1. The number of anilines is 2. The third-order valence-corrected chi connectivity index (χ3v) is 18.0. The average Bonchev–Trinajstić information content (AvgIpc) is 4.17. The van der Waals surface area contributed by atoms with Gasteiger partial charge in [0.05, 0.1) is 51.7 Å². The first-order valence-corrected chi connectivity index (χ1v) is 28.4. The largest absolute Gasteiger partial charge is 0.391 e. The molecule has 0 radical (unpaired) electrons.